The van der Waals surface area contributed by atoms with Gasteiger partial charge in [0.2, 0.25) is 0 Å². The van der Waals surface area contributed by atoms with E-state index >= 15 is 0 Å². The standard InChI is InChI=1S/C11H13F3N2/c12-11(13,14)10-6-9(15)3-2-8(10)7-16-4-1-5-16/h2-3,6H,1,4-5,7,15H2. The monoisotopic (exact) mass is 230 g/mol. The van der Waals surface area contributed by atoms with E-state index in [2.05, 4.69) is 0 Å². The molecule has 0 bridgehead atoms. The molecule has 1 saturated heterocycles. The maximum atomic E-state index is 12.7. The first kappa shape index (κ1) is 11.3. The molecule has 2 rings (SSSR count). The molecular weight excluding hydrogens is 217 g/mol. The SMILES string of the molecule is Nc1ccc(CN2CCC2)c(C(F)(F)F)c1. The van der Waals surface area contributed by atoms with Gasteiger partial charge in [-0.2, -0.15) is 13.2 Å². The lowest BCUT2D eigenvalue weighted by atomic mass is 10.0. The van der Waals surface area contributed by atoms with Crippen molar-refractivity contribution in [3.63, 3.8) is 0 Å². The largest absolute Gasteiger partial charge is 0.416 e. The highest BCUT2D eigenvalue weighted by atomic mass is 19.4. The van der Waals surface area contributed by atoms with Crippen molar-refractivity contribution in [3.05, 3.63) is 29.3 Å². The normalized spacial score (nSPS) is 17.2. The number of benzene rings is 1. The molecule has 0 aliphatic carbocycles. The lowest BCUT2D eigenvalue weighted by Gasteiger charge is -2.31. The van der Waals surface area contributed by atoms with Crippen molar-refractivity contribution in [2.45, 2.75) is 19.1 Å². The molecule has 0 spiro atoms. The van der Waals surface area contributed by atoms with E-state index in [0.717, 1.165) is 25.6 Å². The summed E-state index contributed by atoms with van der Waals surface area (Å²) in [5.41, 5.74) is 5.24. The Morgan fingerprint density at radius 1 is 1.25 bits per heavy atom. The van der Waals surface area contributed by atoms with Gasteiger partial charge in [0.25, 0.3) is 0 Å². The fourth-order valence-electron chi connectivity index (χ4n) is 1.78. The van der Waals surface area contributed by atoms with Crippen LogP contribution in [0.1, 0.15) is 17.5 Å². The molecule has 0 aromatic heterocycles. The topological polar surface area (TPSA) is 29.3 Å². The van der Waals surface area contributed by atoms with Gasteiger partial charge in [-0.1, -0.05) is 6.07 Å². The van der Waals surface area contributed by atoms with E-state index in [9.17, 15) is 13.2 Å². The number of hydrogen-bond donors (Lipinski definition) is 1. The van der Waals surface area contributed by atoms with Crippen molar-refractivity contribution in [2.75, 3.05) is 18.8 Å². The van der Waals surface area contributed by atoms with Crippen molar-refractivity contribution >= 4 is 5.69 Å². The zero-order valence-corrected chi connectivity index (χ0v) is 8.72. The van der Waals surface area contributed by atoms with Gasteiger partial charge in [0.1, 0.15) is 0 Å². The number of nitrogens with two attached hydrogens (primary N) is 1. The van der Waals surface area contributed by atoms with Gasteiger partial charge in [0.15, 0.2) is 0 Å². The molecule has 1 fully saturated rings. The molecule has 1 aliphatic rings. The van der Waals surface area contributed by atoms with Crippen molar-refractivity contribution in [3.8, 4) is 0 Å². The van der Waals surface area contributed by atoms with Gasteiger partial charge in [0.05, 0.1) is 5.56 Å². The number of rotatable bonds is 2. The van der Waals surface area contributed by atoms with Crippen LogP contribution in [0.3, 0.4) is 0 Å². The highest BCUT2D eigenvalue weighted by molar-refractivity contribution is 5.46. The highest BCUT2D eigenvalue weighted by Crippen LogP contribution is 2.34. The minimum absolute atomic E-state index is 0.152. The van der Waals surface area contributed by atoms with E-state index in [-0.39, 0.29) is 5.69 Å². The highest BCUT2D eigenvalue weighted by Gasteiger charge is 2.34. The van der Waals surface area contributed by atoms with Gasteiger partial charge in [-0.3, -0.25) is 4.90 Å². The van der Waals surface area contributed by atoms with Gasteiger partial charge in [-0.25, -0.2) is 0 Å². The summed E-state index contributed by atoms with van der Waals surface area (Å²) in [5.74, 6) is 0. The Hall–Kier alpha value is -1.23. The lowest BCUT2D eigenvalue weighted by molar-refractivity contribution is -0.138. The second-order valence-electron chi connectivity index (χ2n) is 4.04. The van der Waals surface area contributed by atoms with Crippen LogP contribution in [0.4, 0.5) is 18.9 Å². The van der Waals surface area contributed by atoms with Crippen LogP contribution in [-0.4, -0.2) is 18.0 Å². The Bertz CT molecular complexity index is 383. The van der Waals surface area contributed by atoms with Crippen LogP contribution in [0.25, 0.3) is 0 Å². The first-order chi connectivity index (χ1) is 7.47. The first-order valence-electron chi connectivity index (χ1n) is 5.15. The van der Waals surface area contributed by atoms with Crippen LogP contribution in [0.5, 0.6) is 0 Å². The summed E-state index contributed by atoms with van der Waals surface area (Å²) in [6, 6.07) is 4.00. The van der Waals surface area contributed by atoms with E-state index in [0.29, 0.717) is 12.1 Å². The average Bonchev–Trinajstić information content (AvgIpc) is 2.11. The number of hydrogen-bond acceptors (Lipinski definition) is 2. The third-order valence-electron chi connectivity index (χ3n) is 2.78. The van der Waals surface area contributed by atoms with E-state index in [1.807, 2.05) is 4.90 Å². The molecule has 16 heavy (non-hydrogen) atoms. The van der Waals surface area contributed by atoms with E-state index in [4.69, 9.17) is 5.73 Å². The molecule has 0 radical (unpaired) electrons. The zero-order valence-electron chi connectivity index (χ0n) is 8.72. The van der Waals surface area contributed by atoms with Crippen molar-refractivity contribution in [1.29, 1.82) is 0 Å². The Labute approximate surface area is 91.8 Å². The number of likely N-dealkylation sites (tertiary alicyclic amines) is 1. The fourth-order valence-corrected chi connectivity index (χ4v) is 1.78. The van der Waals surface area contributed by atoms with Gasteiger partial charge < -0.3 is 5.73 Å². The summed E-state index contributed by atoms with van der Waals surface area (Å²) in [6.45, 7) is 2.11. The van der Waals surface area contributed by atoms with Crippen LogP contribution in [0.2, 0.25) is 0 Å². The van der Waals surface area contributed by atoms with Crippen molar-refractivity contribution in [1.82, 2.24) is 4.90 Å². The predicted molar refractivity (Wildman–Crippen MR) is 55.8 cm³/mol. The summed E-state index contributed by atoms with van der Waals surface area (Å²) >= 11 is 0. The predicted octanol–water partition coefficient (Wildman–Crippen LogP) is 2.49. The minimum Gasteiger partial charge on any atom is -0.399 e. The third-order valence-corrected chi connectivity index (χ3v) is 2.78. The molecule has 88 valence electrons. The van der Waals surface area contributed by atoms with Crippen molar-refractivity contribution in [2.24, 2.45) is 0 Å². The molecule has 0 saturated carbocycles. The molecular formula is C11H13F3N2. The first-order valence-corrected chi connectivity index (χ1v) is 5.15. The Morgan fingerprint density at radius 3 is 2.44 bits per heavy atom. The van der Waals surface area contributed by atoms with Crippen LogP contribution in [0, 0.1) is 0 Å². The van der Waals surface area contributed by atoms with E-state index < -0.39 is 11.7 Å². The second-order valence-corrected chi connectivity index (χ2v) is 4.04. The smallest absolute Gasteiger partial charge is 0.399 e. The van der Waals surface area contributed by atoms with E-state index in [1.165, 1.54) is 12.1 Å². The van der Waals surface area contributed by atoms with Gasteiger partial charge >= 0.3 is 6.18 Å². The number of halogens is 3. The molecule has 0 unspecified atom stereocenters. The molecule has 0 amide bonds. The van der Waals surface area contributed by atoms with Crippen LogP contribution in [-0.2, 0) is 12.7 Å². The zero-order chi connectivity index (χ0) is 11.8. The molecule has 1 aromatic carbocycles. The van der Waals surface area contributed by atoms with Crippen LogP contribution < -0.4 is 5.73 Å². The van der Waals surface area contributed by atoms with Gasteiger partial charge in [-0.15, -0.1) is 0 Å². The number of anilines is 1. The lowest BCUT2D eigenvalue weighted by Crippen LogP contribution is -2.36. The summed E-state index contributed by atoms with van der Waals surface area (Å²) in [7, 11) is 0. The third kappa shape index (κ3) is 2.29. The average molecular weight is 230 g/mol. The molecule has 2 N–H and O–H groups in total. The maximum Gasteiger partial charge on any atom is 0.416 e. The summed E-state index contributed by atoms with van der Waals surface area (Å²) in [4.78, 5) is 1.99. The Balaban J connectivity index is 2.28. The summed E-state index contributed by atoms with van der Waals surface area (Å²) in [6.07, 6.45) is -3.26. The van der Waals surface area contributed by atoms with E-state index in [1.54, 1.807) is 0 Å². The number of nitrogen functional groups attached to an aromatic ring is 1. The molecule has 0 atom stereocenters. The second kappa shape index (κ2) is 3.97. The summed E-state index contributed by atoms with van der Waals surface area (Å²) in [5, 5.41) is 0. The quantitative estimate of drug-likeness (QED) is 0.791. The molecule has 1 aliphatic heterocycles. The van der Waals surface area contributed by atoms with Gasteiger partial charge in [-0.05, 0) is 37.2 Å². The van der Waals surface area contributed by atoms with Crippen LogP contribution in [0.15, 0.2) is 18.2 Å². The summed E-state index contributed by atoms with van der Waals surface area (Å²) < 4.78 is 38.2. The number of alkyl halides is 3. The Morgan fingerprint density at radius 2 is 1.94 bits per heavy atom. The molecule has 2 nitrogen and oxygen atoms in total. The van der Waals surface area contributed by atoms with Crippen molar-refractivity contribution < 1.29 is 13.2 Å². The van der Waals surface area contributed by atoms with Gasteiger partial charge in [0, 0.05) is 12.2 Å². The molecule has 1 heterocycles. The Kier molecular flexibility index (Phi) is 2.80. The molecule has 1 aromatic rings. The maximum absolute atomic E-state index is 12.7. The minimum atomic E-state index is -4.32. The fraction of sp³-hybridized carbons (Fsp3) is 0.455. The molecule has 5 heteroatoms. The van der Waals surface area contributed by atoms with Crippen LogP contribution >= 0.6 is 0 Å². The number of nitrogens with zero attached hydrogens (tertiary/aromatic N) is 1.